The quantitative estimate of drug-likeness (QED) is 0.502. The largest absolute Gasteiger partial charge is 0.347 e. The molecule has 1 heterocycles. The molecule has 0 unspecified atom stereocenters. The van der Waals surface area contributed by atoms with Crippen LogP contribution in [0, 0.1) is 0 Å². The van der Waals surface area contributed by atoms with Gasteiger partial charge >= 0.3 is 0 Å². The Bertz CT molecular complexity index is 1300. The molecule has 0 bridgehead atoms. The van der Waals surface area contributed by atoms with Gasteiger partial charge in [0.05, 0.1) is 16.3 Å². The fourth-order valence-electron chi connectivity index (χ4n) is 3.21. The van der Waals surface area contributed by atoms with Gasteiger partial charge in [-0.2, -0.15) is 5.10 Å². The number of amides is 1. The number of hydrogen-bond donors (Lipinski definition) is 1. The van der Waals surface area contributed by atoms with Gasteiger partial charge in [0.2, 0.25) is 0 Å². The summed E-state index contributed by atoms with van der Waals surface area (Å²) in [5, 5.41) is 7.41. The van der Waals surface area contributed by atoms with Gasteiger partial charge in [0.25, 0.3) is 5.91 Å². The lowest BCUT2D eigenvalue weighted by Gasteiger charge is -2.08. The Morgan fingerprint density at radius 2 is 1.52 bits per heavy atom. The molecule has 0 saturated heterocycles. The van der Waals surface area contributed by atoms with Crippen LogP contribution in [0.4, 0.5) is 0 Å². The normalized spacial score (nSPS) is 11.3. The van der Waals surface area contributed by atoms with Crippen LogP contribution < -0.4 is 5.32 Å². The zero-order valence-corrected chi connectivity index (χ0v) is 17.7. The number of aromatic nitrogens is 2. The summed E-state index contributed by atoms with van der Waals surface area (Å²) in [7, 11) is -3.30. The maximum atomic E-state index is 12.8. The van der Waals surface area contributed by atoms with Crippen LogP contribution in [0.5, 0.6) is 0 Å². The Morgan fingerprint density at radius 1 is 0.903 bits per heavy atom. The number of sulfone groups is 1. The number of carbonyl (C=O) groups excluding carboxylic acids is 1. The Hall–Kier alpha value is -3.71. The molecule has 0 aliphatic rings. The van der Waals surface area contributed by atoms with Gasteiger partial charge in [0.1, 0.15) is 0 Å². The predicted molar refractivity (Wildman–Crippen MR) is 120 cm³/mol. The summed E-state index contributed by atoms with van der Waals surface area (Å²) in [6, 6.07) is 27.4. The van der Waals surface area contributed by atoms with Crippen molar-refractivity contribution in [2.45, 2.75) is 11.4 Å². The lowest BCUT2D eigenvalue weighted by molar-refractivity contribution is 0.0945. The highest BCUT2D eigenvalue weighted by Crippen LogP contribution is 2.25. The van der Waals surface area contributed by atoms with Crippen LogP contribution >= 0.6 is 0 Å². The highest BCUT2D eigenvalue weighted by atomic mass is 32.2. The first-order chi connectivity index (χ1) is 14.9. The average Bonchev–Trinajstić information content (AvgIpc) is 3.24. The standard InChI is InChI=1S/C24H21N3O3S/c1-31(29,30)21-14-12-20(13-15-21)27-23(19-10-6-3-7-11-19)16-22(26-27)24(28)25-17-18-8-4-2-5-9-18/h2-16H,17H2,1H3,(H,25,28). The van der Waals surface area contributed by atoms with Gasteiger partial charge in [-0.3, -0.25) is 4.79 Å². The minimum Gasteiger partial charge on any atom is -0.347 e. The molecular formula is C24H21N3O3S. The van der Waals surface area contributed by atoms with E-state index in [0.717, 1.165) is 16.8 Å². The Balaban J connectivity index is 1.68. The van der Waals surface area contributed by atoms with E-state index in [1.807, 2.05) is 60.7 Å². The number of benzene rings is 3. The fraction of sp³-hybridized carbons (Fsp3) is 0.0833. The van der Waals surface area contributed by atoms with E-state index >= 15 is 0 Å². The van der Waals surface area contributed by atoms with Gasteiger partial charge in [0, 0.05) is 18.4 Å². The smallest absolute Gasteiger partial charge is 0.272 e. The van der Waals surface area contributed by atoms with E-state index in [4.69, 9.17) is 0 Å². The summed E-state index contributed by atoms with van der Waals surface area (Å²) in [5.41, 5.74) is 3.56. The Labute approximate surface area is 181 Å². The highest BCUT2D eigenvalue weighted by Gasteiger charge is 2.17. The third-order valence-corrected chi connectivity index (χ3v) is 5.95. The lowest BCUT2D eigenvalue weighted by Crippen LogP contribution is -2.23. The van der Waals surface area contributed by atoms with Gasteiger partial charge in [-0.25, -0.2) is 13.1 Å². The number of hydrogen-bond acceptors (Lipinski definition) is 4. The van der Waals surface area contributed by atoms with Crippen LogP contribution in [-0.2, 0) is 16.4 Å². The second-order valence-electron chi connectivity index (χ2n) is 7.13. The van der Waals surface area contributed by atoms with Crippen LogP contribution in [0.3, 0.4) is 0 Å². The number of rotatable bonds is 6. The van der Waals surface area contributed by atoms with Crippen LogP contribution in [-0.4, -0.2) is 30.4 Å². The summed E-state index contributed by atoms with van der Waals surface area (Å²) in [4.78, 5) is 13.0. The monoisotopic (exact) mass is 431 g/mol. The van der Waals surface area contributed by atoms with Gasteiger partial charge < -0.3 is 5.32 Å². The van der Waals surface area contributed by atoms with E-state index in [2.05, 4.69) is 10.4 Å². The van der Waals surface area contributed by atoms with Gasteiger partial charge in [-0.05, 0) is 35.9 Å². The molecule has 0 aliphatic carbocycles. The molecule has 0 saturated carbocycles. The zero-order chi connectivity index (χ0) is 21.8. The topological polar surface area (TPSA) is 81.1 Å². The Morgan fingerprint density at radius 3 is 2.13 bits per heavy atom. The Kier molecular flexibility index (Phi) is 5.68. The molecule has 156 valence electrons. The summed E-state index contributed by atoms with van der Waals surface area (Å²) in [5.74, 6) is -0.285. The van der Waals surface area contributed by atoms with Crippen molar-refractivity contribution in [1.29, 1.82) is 0 Å². The molecule has 0 atom stereocenters. The molecule has 0 fully saturated rings. The van der Waals surface area contributed by atoms with Crippen LogP contribution in [0.2, 0.25) is 0 Å². The minimum absolute atomic E-state index is 0.227. The van der Waals surface area contributed by atoms with Gasteiger partial charge in [0.15, 0.2) is 15.5 Å². The molecule has 1 aromatic heterocycles. The number of nitrogens with zero attached hydrogens (tertiary/aromatic N) is 2. The van der Waals surface area contributed by atoms with Crippen molar-refractivity contribution in [2.75, 3.05) is 6.26 Å². The molecule has 0 aliphatic heterocycles. The van der Waals surface area contributed by atoms with Gasteiger partial charge in [-0.1, -0.05) is 60.7 Å². The zero-order valence-electron chi connectivity index (χ0n) is 16.9. The minimum atomic E-state index is -3.30. The fourth-order valence-corrected chi connectivity index (χ4v) is 3.84. The van der Waals surface area contributed by atoms with E-state index in [9.17, 15) is 13.2 Å². The molecule has 31 heavy (non-hydrogen) atoms. The lowest BCUT2D eigenvalue weighted by atomic mass is 10.1. The molecule has 4 aromatic rings. The summed E-state index contributed by atoms with van der Waals surface area (Å²) >= 11 is 0. The van der Waals surface area contributed by atoms with Crippen LogP contribution in [0.1, 0.15) is 16.1 Å². The van der Waals surface area contributed by atoms with E-state index in [1.165, 1.54) is 18.4 Å². The second kappa shape index (κ2) is 8.57. The van der Waals surface area contributed by atoms with Crippen molar-refractivity contribution >= 4 is 15.7 Å². The molecule has 3 aromatic carbocycles. The third-order valence-electron chi connectivity index (χ3n) is 4.82. The van der Waals surface area contributed by atoms with E-state index in [0.29, 0.717) is 12.2 Å². The summed E-state index contributed by atoms with van der Waals surface area (Å²) < 4.78 is 25.2. The molecule has 1 amide bonds. The molecule has 6 nitrogen and oxygen atoms in total. The maximum Gasteiger partial charge on any atom is 0.272 e. The molecule has 7 heteroatoms. The van der Waals surface area contributed by atoms with Gasteiger partial charge in [-0.15, -0.1) is 0 Å². The first-order valence-corrected chi connectivity index (χ1v) is 11.6. The molecule has 1 N–H and O–H groups in total. The molecular weight excluding hydrogens is 410 g/mol. The predicted octanol–water partition coefficient (Wildman–Crippen LogP) is 3.87. The van der Waals surface area contributed by atoms with E-state index in [-0.39, 0.29) is 16.5 Å². The van der Waals surface area contributed by atoms with Crippen molar-refractivity contribution in [3.8, 4) is 16.9 Å². The van der Waals surface area contributed by atoms with Crippen molar-refractivity contribution in [2.24, 2.45) is 0 Å². The number of nitrogens with one attached hydrogen (secondary N) is 1. The van der Waals surface area contributed by atoms with Crippen LogP contribution in [0.25, 0.3) is 16.9 Å². The highest BCUT2D eigenvalue weighted by molar-refractivity contribution is 7.90. The van der Waals surface area contributed by atoms with Crippen molar-refractivity contribution in [1.82, 2.24) is 15.1 Å². The molecule has 4 rings (SSSR count). The van der Waals surface area contributed by atoms with Crippen molar-refractivity contribution in [3.63, 3.8) is 0 Å². The third kappa shape index (κ3) is 4.73. The summed E-state index contributed by atoms with van der Waals surface area (Å²) in [6.45, 7) is 0.399. The molecule has 0 spiro atoms. The average molecular weight is 432 g/mol. The SMILES string of the molecule is CS(=O)(=O)c1ccc(-n2nc(C(=O)NCc3ccccc3)cc2-c2ccccc2)cc1. The van der Waals surface area contributed by atoms with Crippen molar-refractivity contribution < 1.29 is 13.2 Å². The first-order valence-electron chi connectivity index (χ1n) is 9.70. The van der Waals surface area contributed by atoms with Crippen LogP contribution in [0.15, 0.2) is 95.9 Å². The van der Waals surface area contributed by atoms with E-state index < -0.39 is 9.84 Å². The first kappa shape index (κ1) is 20.6. The van der Waals surface area contributed by atoms with Crippen molar-refractivity contribution in [3.05, 3.63) is 102 Å². The number of carbonyl (C=O) groups is 1. The molecule has 0 radical (unpaired) electrons. The second-order valence-corrected chi connectivity index (χ2v) is 9.14. The maximum absolute atomic E-state index is 12.8. The van der Waals surface area contributed by atoms with E-state index in [1.54, 1.807) is 22.9 Å². The summed E-state index contributed by atoms with van der Waals surface area (Å²) in [6.07, 6.45) is 1.17.